The smallest absolute Gasteiger partial charge is 0.0809 e. The lowest BCUT2D eigenvalue weighted by atomic mass is 10.1. The van der Waals surface area contributed by atoms with Gasteiger partial charge in [0.2, 0.25) is 0 Å². The van der Waals surface area contributed by atoms with Gasteiger partial charge in [0.25, 0.3) is 0 Å². The summed E-state index contributed by atoms with van der Waals surface area (Å²) < 4.78 is 11.1. The van der Waals surface area contributed by atoms with E-state index in [-0.39, 0.29) is 0 Å². The molecule has 1 heterocycles. The monoisotopic (exact) mass is 218 g/mol. The number of benzene rings is 1. The van der Waals surface area contributed by atoms with Crippen LogP contribution in [0, 0.1) is 0 Å². The summed E-state index contributed by atoms with van der Waals surface area (Å²) in [5.41, 5.74) is 2.33. The van der Waals surface area contributed by atoms with E-state index >= 15 is 0 Å². The summed E-state index contributed by atoms with van der Waals surface area (Å²) in [6.07, 6.45) is 4.46. The molecule has 86 valence electrons. The first kappa shape index (κ1) is 11.4. The Morgan fingerprint density at radius 3 is 3.19 bits per heavy atom. The Morgan fingerprint density at radius 1 is 1.50 bits per heavy atom. The Labute approximate surface area is 96.9 Å². The van der Waals surface area contributed by atoms with E-state index in [0.29, 0.717) is 19.3 Å². The van der Waals surface area contributed by atoms with Crippen molar-refractivity contribution in [1.82, 2.24) is 0 Å². The zero-order valence-corrected chi connectivity index (χ0v) is 9.52. The van der Waals surface area contributed by atoms with Crippen molar-refractivity contribution in [2.45, 2.75) is 25.6 Å². The molecule has 1 atom stereocenters. The highest BCUT2D eigenvalue weighted by Crippen LogP contribution is 2.13. The lowest BCUT2D eigenvalue weighted by molar-refractivity contribution is 0.0106. The molecule has 1 aromatic rings. The van der Waals surface area contributed by atoms with Crippen molar-refractivity contribution in [2.75, 3.05) is 13.2 Å². The SMILES string of the molecule is C=Cc1cccc(COCC2CCCO2)c1. The molecule has 0 spiro atoms. The first-order chi connectivity index (χ1) is 7.88. The molecule has 0 aromatic heterocycles. The van der Waals surface area contributed by atoms with Gasteiger partial charge >= 0.3 is 0 Å². The van der Waals surface area contributed by atoms with Crippen LogP contribution in [0.2, 0.25) is 0 Å². The average Bonchev–Trinajstić information content (AvgIpc) is 2.82. The van der Waals surface area contributed by atoms with Crippen LogP contribution in [-0.4, -0.2) is 19.3 Å². The maximum absolute atomic E-state index is 5.64. The van der Waals surface area contributed by atoms with Crippen molar-refractivity contribution in [3.8, 4) is 0 Å². The molecule has 2 heteroatoms. The van der Waals surface area contributed by atoms with Gasteiger partial charge in [-0.25, -0.2) is 0 Å². The molecule has 16 heavy (non-hydrogen) atoms. The van der Waals surface area contributed by atoms with E-state index in [4.69, 9.17) is 9.47 Å². The van der Waals surface area contributed by atoms with Gasteiger partial charge in [0.1, 0.15) is 0 Å². The molecule has 2 nitrogen and oxygen atoms in total. The van der Waals surface area contributed by atoms with Gasteiger partial charge < -0.3 is 9.47 Å². The van der Waals surface area contributed by atoms with Crippen LogP contribution in [0.5, 0.6) is 0 Å². The zero-order chi connectivity index (χ0) is 11.2. The second-order valence-electron chi connectivity index (χ2n) is 4.10. The molecule has 0 radical (unpaired) electrons. The summed E-state index contributed by atoms with van der Waals surface area (Å²) >= 11 is 0. The first-order valence-corrected chi connectivity index (χ1v) is 5.79. The number of hydrogen-bond donors (Lipinski definition) is 0. The summed E-state index contributed by atoms with van der Waals surface area (Å²) in [4.78, 5) is 0. The second-order valence-corrected chi connectivity index (χ2v) is 4.10. The third-order valence-electron chi connectivity index (χ3n) is 2.78. The van der Waals surface area contributed by atoms with Gasteiger partial charge in [0.15, 0.2) is 0 Å². The highest BCUT2D eigenvalue weighted by molar-refractivity contribution is 5.47. The summed E-state index contributed by atoms with van der Waals surface area (Å²) in [6.45, 7) is 6.00. The lowest BCUT2D eigenvalue weighted by Crippen LogP contribution is -2.13. The van der Waals surface area contributed by atoms with Crippen LogP contribution in [0.4, 0.5) is 0 Å². The van der Waals surface area contributed by atoms with Gasteiger partial charge in [0.05, 0.1) is 19.3 Å². The highest BCUT2D eigenvalue weighted by atomic mass is 16.5. The van der Waals surface area contributed by atoms with Gasteiger partial charge in [-0.1, -0.05) is 30.9 Å². The Morgan fingerprint density at radius 2 is 2.44 bits per heavy atom. The summed E-state index contributed by atoms with van der Waals surface area (Å²) in [7, 11) is 0. The van der Waals surface area contributed by atoms with E-state index in [0.717, 1.165) is 18.6 Å². The van der Waals surface area contributed by atoms with Crippen LogP contribution in [0.3, 0.4) is 0 Å². The molecule has 0 N–H and O–H groups in total. The van der Waals surface area contributed by atoms with Crippen LogP contribution in [0.15, 0.2) is 30.8 Å². The fourth-order valence-corrected chi connectivity index (χ4v) is 1.89. The van der Waals surface area contributed by atoms with Gasteiger partial charge in [-0.05, 0) is 30.0 Å². The molecule has 1 unspecified atom stereocenters. The van der Waals surface area contributed by atoms with Crippen LogP contribution in [0.25, 0.3) is 6.08 Å². The van der Waals surface area contributed by atoms with Crippen molar-refractivity contribution in [3.63, 3.8) is 0 Å². The van der Waals surface area contributed by atoms with Crippen molar-refractivity contribution < 1.29 is 9.47 Å². The van der Waals surface area contributed by atoms with Crippen LogP contribution < -0.4 is 0 Å². The van der Waals surface area contributed by atoms with Crippen molar-refractivity contribution in [3.05, 3.63) is 42.0 Å². The molecule has 1 aliphatic rings. The summed E-state index contributed by atoms with van der Waals surface area (Å²) in [6, 6.07) is 8.24. The molecule has 0 aliphatic carbocycles. The number of ether oxygens (including phenoxy) is 2. The maximum Gasteiger partial charge on any atom is 0.0809 e. The molecule has 1 saturated heterocycles. The quantitative estimate of drug-likeness (QED) is 0.756. The van der Waals surface area contributed by atoms with Crippen LogP contribution in [0.1, 0.15) is 24.0 Å². The molecule has 2 rings (SSSR count). The molecule has 1 aromatic carbocycles. The van der Waals surface area contributed by atoms with Crippen molar-refractivity contribution in [2.24, 2.45) is 0 Å². The van der Waals surface area contributed by atoms with Gasteiger partial charge in [0, 0.05) is 6.61 Å². The summed E-state index contributed by atoms with van der Waals surface area (Å²) in [5, 5.41) is 0. The van der Waals surface area contributed by atoms with E-state index in [1.54, 1.807) is 0 Å². The molecular formula is C14H18O2. The van der Waals surface area contributed by atoms with E-state index in [9.17, 15) is 0 Å². The molecule has 0 amide bonds. The minimum atomic E-state index is 0.308. The third kappa shape index (κ3) is 3.19. The topological polar surface area (TPSA) is 18.5 Å². The molecule has 1 fully saturated rings. The van der Waals surface area contributed by atoms with Gasteiger partial charge in [-0.15, -0.1) is 0 Å². The lowest BCUT2D eigenvalue weighted by Gasteiger charge is -2.10. The Balaban J connectivity index is 1.77. The van der Waals surface area contributed by atoms with Crippen molar-refractivity contribution >= 4 is 6.08 Å². The van der Waals surface area contributed by atoms with Crippen molar-refractivity contribution in [1.29, 1.82) is 0 Å². The zero-order valence-electron chi connectivity index (χ0n) is 9.52. The van der Waals surface area contributed by atoms with Gasteiger partial charge in [-0.2, -0.15) is 0 Å². The standard InChI is InChI=1S/C14H18O2/c1-2-12-5-3-6-13(9-12)10-15-11-14-7-4-8-16-14/h2-3,5-6,9,14H,1,4,7-8,10-11H2. The molecule has 0 saturated carbocycles. The van der Waals surface area contributed by atoms with Gasteiger partial charge in [-0.3, -0.25) is 0 Å². The second kappa shape index (κ2) is 5.83. The maximum atomic E-state index is 5.64. The Bertz CT molecular complexity index is 340. The predicted molar refractivity (Wildman–Crippen MR) is 65.2 cm³/mol. The van der Waals surface area contributed by atoms with Crippen LogP contribution in [-0.2, 0) is 16.1 Å². The Kier molecular flexibility index (Phi) is 4.14. The predicted octanol–water partition coefficient (Wildman–Crippen LogP) is 3.03. The number of rotatable bonds is 5. The largest absolute Gasteiger partial charge is 0.376 e. The van der Waals surface area contributed by atoms with E-state index in [2.05, 4.69) is 18.7 Å². The average molecular weight is 218 g/mol. The van der Waals surface area contributed by atoms with E-state index in [1.165, 1.54) is 12.0 Å². The molecule has 0 bridgehead atoms. The Hall–Kier alpha value is -1.12. The minimum Gasteiger partial charge on any atom is -0.376 e. The van der Waals surface area contributed by atoms with E-state index in [1.807, 2.05) is 18.2 Å². The van der Waals surface area contributed by atoms with E-state index < -0.39 is 0 Å². The van der Waals surface area contributed by atoms with Crippen LogP contribution >= 0.6 is 0 Å². The summed E-state index contributed by atoms with van der Waals surface area (Å²) in [5.74, 6) is 0. The number of hydrogen-bond acceptors (Lipinski definition) is 2. The fourth-order valence-electron chi connectivity index (χ4n) is 1.89. The molecule has 1 aliphatic heterocycles. The molecular weight excluding hydrogens is 200 g/mol. The highest BCUT2D eigenvalue weighted by Gasteiger charge is 2.14. The fraction of sp³-hybridized carbons (Fsp3) is 0.429. The first-order valence-electron chi connectivity index (χ1n) is 5.79. The minimum absolute atomic E-state index is 0.308. The normalized spacial score (nSPS) is 19.9. The third-order valence-corrected chi connectivity index (χ3v) is 2.78.